The number of likely N-dealkylation sites (N-methyl/N-ethyl adjacent to an activating group) is 1. The average molecular weight is 214 g/mol. The van der Waals surface area contributed by atoms with Gasteiger partial charge in [0.25, 0.3) is 0 Å². The summed E-state index contributed by atoms with van der Waals surface area (Å²) in [5, 5.41) is 0. The van der Waals surface area contributed by atoms with E-state index in [1.807, 2.05) is 24.3 Å². The molecular formula is C12H14N4. The van der Waals surface area contributed by atoms with Crippen LogP contribution in [0.5, 0.6) is 0 Å². The first kappa shape index (κ1) is 9.39. The van der Waals surface area contributed by atoms with Crippen LogP contribution in [-0.4, -0.2) is 40.8 Å². The van der Waals surface area contributed by atoms with Crippen LogP contribution in [0.1, 0.15) is 5.82 Å². The number of hydrogen-bond donors (Lipinski definition) is 1. The summed E-state index contributed by atoms with van der Waals surface area (Å²) in [6.07, 6.45) is 0.797. The highest BCUT2D eigenvalue weighted by Gasteiger charge is 2.14. The zero-order valence-corrected chi connectivity index (χ0v) is 9.27. The number of para-hydroxylation sites is 2. The number of aliphatic imine (C=N–C) groups is 1. The fraction of sp³-hybridized carbons (Fsp3) is 0.333. The Balaban J connectivity index is 1.89. The topological polar surface area (TPSA) is 44.3 Å². The first-order chi connectivity index (χ1) is 7.83. The highest BCUT2D eigenvalue weighted by Crippen LogP contribution is 2.12. The first-order valence-corrected chi connectivity index (χ1v) is 5.51. The fourth-order valence-corrected chi connectivity index (χ4v) is 2.01. The molecule has 1 aliphatic rings. The van der Waals surface area contributed by atoms with Crippen molar-refractivity contribution in [3.05, 3.63) is 30.1 Å². The Morgan fingerprint density at radius 1 is 1.38 bits per heavy atom. The minimum absolute atomic E-state index is 0.797. The lowest BCUT2D eigenvalue weighted by atomic mass is 10.3. The van der Waals surface area contributed by atoms with Crippen molar-refractivity contribution in [2.75, 3.05) is 20.1 Å². The van der Waals surface area contributed by atoms with Gasteiger partial charge in [0.05, 0.1) is 24.0 Å². The molecule has 3 rings (SSSR count). The predicted molar refractivity (Wildman–Crippen MR) is 64.7 cm³/mol. The third kappa shape index (κ3) is 1.56. The van der Waals surface area contributed by atoms with Crippen molar-refractivity contribution in [1.29, 1.82) is 0 Å². The van der Waals surface area contributed by atoms with Crippen molar-refractivity contribution in [2.24, 2.45) is 4.99 Å². The van der Waals surface area contributed by atoms with Gasteiger partial charge in [-0.1, -0.05) is 12.1 Å². The number of imidazole rings is 1. The molecule has 0 atom stereocenters. The van der Waals surface area contributed by atoms with Crippen molar-refractivity contribution < 1.29 is 0 Å². The Bertz CT molecular complexity index is 508. The van der Waals surface area contributed by atoms with Crippen LogP contribution in [0.2, 0.25) is 0 Å². The molecular weight excluding hydrogens is 200 g/mol. The van der Waals surface area contributed by atoms with Crippen molar-refractivity contribution in [3.8, 4) is 0 Å². The summed E-state index contributed by atoms with van der Waals surface area (Å²) in [6.45, 7) is 1.93. The molecule has 0 saturated heterocycles. The SMILES string of the molecule is CN1CCN=C1Cc1nc2ccccc2[nH]1. The van der Waals surface area contributed by atoms with Gasteiger partial charge in [0.2, 0.25) is 0 Å². The number of benzene rings is 1. The van der Waals surface area contributed by atoms with Gasteiger partial charge in [-0.2, -0.15) is 0 Å². The van der Waals surface area contributed by atoms with Crippen LogP contribution in [-0.2, 0) is 6.42 Å². The number of hydrogen-bond acceptors (Lipinski definition) is 3. The number of amidine groups is 1. The summed E-state index contributed by atoms with van der Waals surface area (Å²) in [4.78, 5) is 14.5. The van der Waals surface area contributed by atoms with E-state index in [4.69, 9.17) is 0 Å². The molecule has 0 spiro atoms. The predicted octanol–water partition coefficient (Wildman–Crippen LogP) is 1.45. The molecule has 16 heavy (non-hydrogen) atoms. The Morgan fingerprint density at radius 2 is 2.25 bits per heavy atom. The molecule has 0 amide bonds. The van der Waals surface area contributed by atoms with Gasteiger partial charge >= 0.3 is 0 Å². The number of aromatic amines is 1. The maximum Gasteiger partial charge on any atom is 0.114 e. The van der Waals surface area contributed by atoms with Gasteiger partial charge in [0, 0.05) is 13.6 Å². The van der Waals surface area contributed by atoms with Crippen LogP contribution in [0.3, 0.4) is 0 Å². The van der Waals surface area contributed by atoms with Crippen molar-refractivity contribution >= 4 is 16.9 Å². The Morgan fingerprint density at radius 3 is 3.00 bits per heavy atom. The second kappa shape index (κ2) is 3.63. The van der Waals surface area contributed by atoms with E-state index in [1.54, 1.807) is 0 Å². The second-order valence-corrected chi connectivity index (χ2v) is 4.10. The molecule has 4 heteroatoms. The molecule has 0 unspecified atom stereocenters. The van der Waals surface area contributed by atoms with Gasteiger partial charge in [-0.05, 0) is 12.1 Å². The minimum atomic E-state index is 0.797. The highest BCUT2D eigenvalue weighted by atomic mass is 15.2. The van der Waals surface area contributed by atoms with Gasteiger partial charge in [-0.25, -0.2) is 4.98 Å². The molecule has 0 aliphatic carbocycles. The van der Waals surface area contributed by atoms with Gasteiger partial charge < -0.3 is 9.88 Å². The van der Waals surface area contributed by atoms with E-state index < -0.39 is 0 Å². The molecule has 0 bridgehead atoms. The molecule has 0 radical (unpaired) electrons. The summed E-state index contributed by atoms with van der Waals surface area (Å²) in [7, 11) is 2.08. The summed E-state index contributed by atoms with van der Waals surface area (Å²) in [6, 6.07) is 8.09. The zero-order valence-electron chi connectivity index (χ0n) is 9.27. The molecule has 1 aromatic carbocycles. The molecule has 4 nitrogen and oxygen atoms in total. The number of fused-ring (bicyclic) bond motifs is 1. The quantitative estimate of drug-likeness (QED) is 0.822. The Labute approximate surface area is 94.0 Å². The Hall–Kier alpha value is -1.84. The van der Waals surface area contributed by atoms with Crippen LogP contribution in [0.4, 0.5) is 0 Å². The standard InChI is InChI=1S/C12H14N4/c1-16-7-6-13-12(16)8-11-14-9-4-2-3-5-10(9)15-11/h2-5H,6-8H2,1H3,(H,14,15). The molecule has 2 aromatic rings. The Kier molecular flexibility index (Phi) is 2.13. The maximum absolute atomic E-state index is 4.55. The van der Waals surface area contributed by atoms with E-state index in [-0.39, 0.29) is 0 Å². The third-order valence-electron chi connectivity index (χ3n) is 2.93. The van der Waals surface area contributed by atoms with Gasteiger partial charge in [0.15, 0.2) is 0 Å². The summed E-state index contributed by atoms with van der Waals surface area (Å²) >= 11 is 0. The van der Waals surface area contributed by atoms with E-state index in [1.165, 1.54) is 0 Å². The summed E-state index contributed by atoms with van der Waals surface area (Å²) in [5.41, 5.74) is 2.12. The van der Waals surface area contributed by atoms with Gasteiger partial charge in [0.1, 0.15) is 11.7 Å². The largest absolute Gasteiger partial charge is 0.361 e. The van der Waals surface area contributed by atoms with Crippen LogP contribution < -0.4 is 0 Å². The maximum atomic E-state index is 4.55. The van der Waals surface area contributed by atoms with Crippen molar-refractivity contribution in [1.82, 2.24) is 14.9 Å². The van der Waals surface area contributed by atoms with E-state index in [9.17, 15) is 0 Å². The van der Waals surface area contributed by atoms with Crippen molar-refractivity contribution in [3.63, 3.8) is 0 Å². The van der Waals surface area contributed by atoms with E-state index >= 15 is 0 Å². The second-order valence-electron chi connectivity index (χ2n) is 4.10. The molecule has 82 valence electrons. The van der Waals surface area contributed by atoms with Crippen LogP contribution in [0.15, 0.2) is 29.3 Å². The molecule has 1 N–H and O–H groups in total. The molecule has 2 heterocycles. The number of nitrogens with zero attached hydrogens (tertiary/aromatic N) is 3. The molecule has 1 aliphatic heterocycles. The molecule has 0 fully saturated rings. The van der Waals surface area contributed by atoms with Crippen LogP contribution in [0.25, 0.3) is 11.0 Å². The normalized spacial score (nSPS) is 15.8. The molecule has 0 saturated carbocycles. The van der Waals surface area contributed by atoms with E-state index in [0.717, 1.165) is 42.2 Å². The van der Waals surface area contributed by atoms with E-state index in [2.05, 4.69) is 26.9 Å². The lowest BCUT2D eigenvalue weighted by Gasteiger charge is -2.11. The van der Waals surface area contributed by atoms with Gasteiger partial charge in [-0.15, -0.1) is 0 Å². The lowest BCUT2D eigenvalue weighted by Crippen LogP contribution is -2.24. The fourth-order valence-electron chi connectivity index (χ4n) is 2.01. The summed E-state index contributed by atoms with van der Waals surface area (Å²) in [5.74, 6) is 2.12. The smallest absolute Gasteiger partial charge is 0.114 e. The summed E-state index contributed by atoms with van der Waals surface area (Å²) < 4.78 is 0. The number of nitrogens with one attached hydrogen (secondary N) is 1. The lowest BCUT2D eigenvalue weighted by molar-refractivity contribution is 0.547. The highest BCUT2D eigenvalue weighted by molar-refractivity contribution is 5.86. The zero-order chi connectivity index (χ0) is 11.0. The average Bonchev–Trinajstić information content (AvgIpc) is 2.85. The van der Waals surface area contributed by atoms with Crippen LogP contribution >= 0.6 is 0 Å². The van der Waals surface area contributed by atoms with E-state index in [0.29, 0.717) is 0 Å². The minimum Gasteiger partial charge on any atom is -0.361 e. The number of rotatable bonds is 2. The molecule has 1 aromatic heterocycles. The monoisotopic (exact) mass is 214 g/mol. The number of aromatic nitrogens is 2. The van der Waals surface area contributed by atoms with Crippen LogP contribution in [0, 0.1) is 0 Å². The van der Waals surface area contributed by atoms with Gasteiger partial charge in [-0.3, -0.25) is 4.99 Å². The first-order valence-electron chi connectivity index (χ1n) is 5.51. The third-order valence-corrected chi connectivity index (χ3v) is 2.93. The van der Waals surface area contributed by atoms with Crippen molar-refractivity contribution in [2.45, 2.75) is 6.42 Å². The number of H-pyrrole nitrogens is 1.